The molecule has 0 saturated carbocycles. The van der Waals surface area contributed by atoms with Crippen LogP contribution in [0.5, 0.6) is 0 Å². The van der Waals surface area contributed by atoms with E-state index in [1.54, 1.807) is 12.5 Å². The van der Waals surface area contributed by atoms with Crippen LogP contribution in [0.1, 0.15) is 17.0 Å². The second kappa shape index (κ2) is 7.63. The Kier molecular flexibility index (Phi) is 4.90. The van der Waals surface area contributed by atoms with Crippen molar-refractivity contribution in [3.63, 3.8) is 0 Å². The summed E-state index contributed by atoms with van der Waals surface area (Å²) in [5, 5.41) is 0. The monoisotopic (exact) mass is 338 g/mol. The van der Waals surface area contributed by atoms with Crippen LogP contribution in [0.4, 0.5) is 0 Å². The number of rotatable bonds is 6. The summed E-state index contributed by atoms with van der Waals surface area (Å²) in [5.74, 6) is 1.53. The highest BCUT2D eigenvalue weighted by molar-refractivity contribution is 5.07. The highest BCUT2D eigenvalue weighted by atomic mass is 16.5. The number of hydrogen-bond acceptors (Lipinski definition) is 5. The van der Waals surface area contributed by atoms with Gasteiger partial charge >= 0.3 is 0 Å². The molecule has 6 nitrogen and oxygen atoms in total. The zero-order valence-electron chi connectivity index (χ0n) is 14.1. The number of fused-ring (bicyclic) bond motifs is 1. The van der Waals surface area contributed by atoms with Gasteiger partial charge in [-0.05, 0) is 17.7 Å². The van der Waals surface area contributed by atoms with E-state index < -0.39 is 0 Å². The Morgan fingerprint density at radius 2 is 2.20 bits per heavy atom. The number of hydrogen-bond donors (Lipinski definition) is 0. The van der Waals surface area contributed by atoms with E-state index in [0.29, 0.717) is 19.1 Å². The molecule has 0 radical (unpaired) electrons. The van der Waals surface area contributed by atoms with Crippen molar-refractivity contribution >= 4 is 0 Å². The fourth-order valence-electron chi connectivity index (χ4n) is 3.32. The van der Waals surface area contributed by atoms with E-state index in [1.165, 1.54) is 5.56 Å². The Bertz CT molecular complexity index is 770. The molecule has 130 valence electrons. The van der Waals surface area contributed by atoms with Crippen LogP contribution in [-0.2, 0) is 31.0 Å². The Balaban J connectivity index is 1.40. The van der Waals surface area contributed by atoms with Gasteiger partial charge in [-0.25, -0.2) is 4.98 Å². The van der Waals surface area contributed by atoms with Crippen molar-refractivity contribution in [2.45, 2.75) is 26.2 Å². The zero-order valence-corrected chi connectivity index (χ0v) is 14.1. The molecule has 0 N–H and O–H groups in total. The third kappa shape index (κ3) is 4.15. The highest BCUT2D eigenvalue weighted by Crippen LogP contribution is 2.18. The quantitative estimate of drug-likeness (QED) is 0.692. The minimum Gasteiger partial charge on any atom is -0.472 e. The molecule has 0 saturated heterocycles. The summed E-state index contributed by atoms with van der Waals surface area (Å²) in [4.78, 5) is 11.1. The Labute approximate surface area is 147 Å². The van der Waals surface area contributed by atoms with Gasteiger partial charge in [0.15, 0.2) is 0 Å². The topological polar surface area (TPSA) is 56.3 Å². The average molecular weight is 338 g/mol. The zero-order chi connectivity index (χ0) is 16.9. The summed E-state index contributed by atoms with van der Waals surface area (Å²) in [6, 6.07) is 6.00. The molecule has 6 heteroatoms. The van der Waals surface area contributed by atoms with E-state index in [1.807, 2.05) is 36.9 Å². The van der Waals surface area contributed by atoms with Crippen LogP contribution >= 0.6 is 0 Å². The third-order valence-electron chi connectivity index (χ3n) is 4.47. The molecule has 0 bridgehead atoms. The van der Waals surface area contributed by atoms with Crippen LogP contribution in [0.15, 0.2) is 59.9 Å². The summed E-state index contributed by atoms with van der Waals surface area (Å²) in [6.45, 7) is 4.93. The number of aromatic nitrogens is 3. The maximum Gasteiger partial charge on any atom is 0.122 e. The van der Waals surface area contributed by atoms with Crippen LogP contribution in [0, 0.1) is 5.92 Å². The molecule has 4 heterocycles. The molecular weight excluding hydrogens is 316 g/mol. The number of pyridine rings is 1. The smallest absolute Gasteiger partial charge is 0.122 e. The second-order valence-electron chi connectivity index (χ2n) is 6.54. The van der Waals surface area contributed by atoms with Crippen molar-refractivity contribution in [1.82, 2.24) is 19.4 Å². The van der Waals surface area contributed by atoms with E-state index in [-0.39, 0.29) is 0 Å². The van der Waals surface area contributed by atoms with E-state index in [4.69, 9.17) is 9.15 Å². The molecule has 0 aromatic carbocycles. The van der Waals surface area contributed by atoms with E-state index >= 15 is 0 Å². The number of imidazole rings is 1. The van der Waals surface area contributed by atoms with Gasteiger partial charge in [0.2, 0.25) is 0 Å². The molecule has 0 fully saturated rings. The first-order valence-corrected chi connectivity index (χ1v) is 8.57. The first kappa shape index (κ1) is 16.1. The summed E-state index contributed by atoms with van der Waals surface area (Å²) in [5.41, 5.74) is 2.30. The molecule has 25 heavy (non-hydrogen) atoms. The standard InChI is InChI=1S/C19H22N4O2/c1-2-16(8-20-4-1)13-25-15-18-10-22(9-17-3-7-24-14-17)12-19-21-5-6-23(19)11-18/h1-8,14,18H,9-13,15H2/t18-/m0/s1. The average Bonchev–Trinajstić information content (AvgIpc) is 3.25. The van der Waals surface area contributed by atoms with Gasteiger partial charge in [-0.2, -0.15) is 0 Å². The number of furan rings is 1. The van der Waals surface area contributed by atoms with Crippen LogP contribution in [0.25, 0.3) is 0 Å². The molecule has 3 aromatic heterocycles. The van der Waals surface area contributed by atoms with Crippen molar-refractivity contribution in [2.24, 2.45) is 5.92 Å². The highest BCUT2D eigenvalue weighted by Gasteiger charge is 2.23. The van der Waals surface area contributed by atoms with Crippen LogP contribution < -0.4 is 0 Å². The summed E-state index contributed by atoms with van der Waals surface area (Å²) in [7, 11) is 0. The van der Waals surface area contributed by atoms with Crippen LogP contribution in [-0.4, -0.2) is 32.6 Å². The van der Waals surface area contributed by atoms with Gasteiger partial charge in [0, 0.05) is 55.9 Å². The maximum absolute atomic E-state index is 5.97. The fourth-order valence-corrected chi connectivity index (χ4v) is 3.32. The molecule has 0 unspecified atom stereocenters. The lowest BCUT2D eigenvalue weighted by atomic mass is 10.1. The van der Waals surface area contributed by atoms with E-state index in [2.05, 4.69) is 25.6 Å². The van der Waals surface area contributed by atoms with Gasteiger partial charge in [0.25, 0.3) is 0 Å². The van der Waals surface area contributed by atoms with Crippen LogP contribution in [0.2, 0.25) is 0 Å². The molecular formula is C19H22N4O2. The molecule has 3 aromatic rings. The molecule has 0 aliphatic carbocycles. The first-order valence-electron chi connectivity index (χ1n) is 8.57. The molecule has 0 spiro atoms. The van der Waals surface area contributed by atoms with Gasteiger partial charge in [-0.1, -0.05) is 6.07 Å². The largest absolute Gasteiger partial charge is 0.472 e. The minimum absolute atomic E-state index is 0.416. The molecule has 4 rings (SSSR count). The SMILES string of the molecule is c1cncc(COC[C@H]2CN(Cc3ccoc3)Cc3nccn3C2)c1. The number of ether oxygens (including phenoxy) is 1. The van der Waals surface area contributed by atoms with Crippen molar-refractivity contribution in [3.05, 3.63) is 72.5 Å². The van der Waals surface area contributed by atoms with Crippen molar-refractivity contribution in [3.8, 4) is 0 Å². The van der Waals surface area contributed by atoms with Crippen molar-refractivity contribution in [2.75, 3.05) is 13.2 Å². The number of nitrogens with zero attached hydrogens (tertiary/aromatic N) is 4. The molecule has 1 atom stereocenters. The maximum atomic E-state index is 5.97. The molecule has 0 amide bonds. The van der Waals surface area contributed by atoms with Crippen LogP contribution in [0.3, 0.4) is 0 Å². The van der Waals surface area contributed by atoms with E-state index in [9.17, 15) is 0 Å². The predicted octanol–water partition coefficient (Wildman–Crippen LogP) is 2.72. The van der Waals surface area contributed by atoms with Gasteiger partial charge in [-0.15, -0.1) is 0 Å². The Hall–Kier alpha value is -2.44. The summed E-state index contributed by atoms with van der Waals surface area (Å²) < 4.78 is 13.4. The summed E-state index contributed by atoms with van der Waals surface area (Å²) in [6.07, 6.45) is 11.1. The third-order valence-corrected chi connectivity index (χ3v) is 4.47. The van der Waals surface area contributed by atoms with Gasteiger partial charge in [0.05, 0.1) is 32.3 Å². The Morgan fingerprint density at radius 1 is 1.20 bits per heavy atom. The normalized spacial score (nSPS) is 18.0. The van der Waals surface area contributed by atoms with Gasteiger partial charge in [0.1, 0.15) is 5.82 Å². The van der Waals surface area contributed by atoms with E-state index in [0.717, 1.165) is 37.6 Å². The summed E-state index contributed by atoms with van der Waals surface area (Å²) >= 11 is 0. The lowest BCUT2D eigenvalue weighted by molar-refractivity contribution is 0.0664. The fraction of sp³-hybridized carbons (Fsp3) is 0.368. The molecule has 1 aliphatic heterocycles. The Morgan fingerprint density at radius 3 is 3.04 bits per heavy atom. The van der Waals surface area contributed by atoms with Crippen molar-refractivity contribution < 1.29 is 9.15 Å². The first-order chi connectivity index (χ1) is 12.4. The van der Waals surface area contributed by atoms with Gasteiger partial charge in [-0.3, -0.25) is 9.88 Å². The lowest BCUT2D eigenvalue weighted by Gasteiger charge is -2.23. The van der Waals surface area contributed by atoms with Gasteiger partial charge < -0.3 is 13.7 Å². The second-order valence-corrected chi connectivity index (χ2v) is 6.54. The molecule has 1 aliphatic rings. The lowest BCUT2D eigenvalue weighted by Crippen LogP contribution is -2.30. The van der Waals surface area contributed by atoms with Crippen molar-refractivity contribution in [1.29, 1.82) is 0 Å². The predicted molar refractivity (Wildman–Crippen MR) is 92.4 cm³/mol. The minimum atomic E-state index is 0.416.